The number of esters is 1. The smallest absolute Gasteiger partial charge is 0.341 e. The fourth-order valence-electron chi connectivity index (χ4n) is 4.68. The number of fused-ring (bicyclic) bond motifs is 4. The van der Waals surface area contributed by atoms with Crippen LogP contribution >= 0.6 is 11.3 Å². The number of carbonyl (C=O) groups is 1. The number of benzene rings is 2. The fourth-order valence-corrected chi connectivity index (χ4v) is 5.90. The molecule has 4 aromatic rings. The number of aliphatic imine (C=N–C) groups is 1. The van der Waals surface area contributed by atoms with E-state index in [2.05, 4.69) is 54.0 Å². The zero-order valence-electron chi connectivity index (χ0n) is 18.0. The monoisotopic (exact) mass is 430 g/mol. The van der Waals surface area contributed by atoms with Gasteiger partial charge >= 0.3 is 5.97 Å². The molecule has 0 aliphatic heterocycles. The van der Waals surface area contributed by atoms with E-state index < -0.39 is 0 Å². The van der Waals surface area contributed by atoms with Crippen LogP contribution in [0.3, 0.4) is 0 Å². The molecule has 1 aliphatic rings. The average molecular weight is 431 g/mol. The third-order valence-electron chi connectivity index (χ3n) is 6.08. The number of carbonyl (C=O) groups excluding carboxylic acids is 1. The first-order chi connectivity index (χ1) is 15.2. The van der Waals surface area contributed by atoms with Gasteiger partial charge in [0.1, 0.15) is 5.00 Å². The predicted molar refractivity (Wildman–Crippen MR) is 129 cm³/mol. The molecule has 0 saturated heterocycles. The standard InChI is InChI=1S/C26H26N2O2S/c1-3-28-21-11-7-5-9-18(21)20-15-17(13-14-22(20)28)16-27-25-24(26(29)30-4-2)19-10-6-8-12-23(19)31-25/h5,7,9,11,13-16H,3-4,6,8,10,12H2,1-2H3. The van der Waals surface area contributed by atoms with Crippen molar-refractivity contribution < 1.29 is 9.53 Å². The maximum atomic E-state index is 12.7. The number of rotatable bonds is 5. The maximum absolute atomic E-state index is 12.7. The van der Waals surface area contributed by atoms with Crippen molar-refractivity contribution in [1.29, 1.82) is 0 Å². The molecular formula is C26H26N2O2S. The third kappa shape index (κ3) is 3.47. The minimum absolute atomic E-state index is 0.240. The molecule has 0 unspecified atom stereocenters. The number of para-hydroxylation sites is 1. The second-order valence-corrected chi connectivity index (χ2v) is 8.99. The Labute approximate surface area is 186 Å². The van der Waals surface area contributed by atoms with Crippen LogP contribution in [0, 0.1) is 0 Å². The van der Waals surface area contributed by atoms with E-state index in [1.165, 1.54) is 33.1 Å². The van der Waals surface area contributed by atoms with Crippen molar-refractivity contribution in [3.8, 4) is 0 Å². The van der Waals surface area contributed by atoms with E-state index in [9.17, 15) is 4.79 Å². The number of aromatic nitrogens is 1. The number of thiophene rings is 1. The SMILES string of the molecule is CCOC(=O)c1c(N=Cc2ccc3c(c2)c2ccccc2n3CC)sc2c1CCCC2. The van der Waals surface area contributed by atoms with E-state index in [0.717, 1.165) is 41.9 Å². The van der Waals surface area contributed by atoms with Crippen molar-refractivity contribution >= 4 is 50.3 Å². The maximum Gasteiger partial charge on any atom is 0.341 e. The Morgan fingerprint density at radius 1 is 1.10 bits per heavy atom. The van der Waals surface area contributed by atoms with Crippen molar-refractivity contribution in [1.82, 2.24) is 4.57 Å². The van der Waals surface area contributed by atoms with Gasteiger partial charge < -0.3 is 9.30 Å². The highest BCUT2D eigenvalue weighted by Gasteiger charge is 2.26. The highest BCUT2D eigenvalue weighted by molar-refractivity contribution is 7.16. The van der Waals surface area contributed by atoms with Crippen molar-refractivity contribution in [3.63, 3.8) is 0 Å². The van der Waals surface area contributed by atoms with Gasteiger partial charge in [0.2, 0.25) is 0 Å². The number of ether oxygens (including phenoxy) is 1. The van der Waals surface area contributed by atoms with Gasteiger partial charge in [-0.15, -0.1) is 11.3 Å². The Bertz CT molecular complexity index is 1310. The Morgan fingerprint density at radius 2 is 1.90 bits per heavy atom. The molecule has 0 radical (unpaired) electrons. The summed E-state index contributed by atoms with van der Waals surface area (Å²) in [5.41, 5.74) is 5.36. The summed E-state index contributed by atoms with van der Waals surface area (Å²) in [5, 5.41) is 3.27. The molecule has 2 heterocycles. The normalized spacial score (nSPS) is 13.9. The summed E-state index contributed by atoms with van der Waals surface area (Å²) in [6.45, 7) is 5.34. The van der Waals surface area contributed by atoms with Crippen LogP contribution < -0.4 is 0 Å². The first-order valence-electron chi connectivity index (χ1n) is 11.1. The Kier molecular flexibility index (Phi) is 5.36. The highest BCUT2D eigenvalue weighted by atomic mass is 32.1. The molecule has 0 fully saturated rings. The summed E-state index contributed by atoms with van der Waals surface area (Å²) in [5.74, 6) is -0.240. The molecule has 31 heavy (non-hydrogen) atoms. The zero-order valence-corrected chi connectivity index (χ0v) is 18.8. The largest absolute Gasteiger partial charge is 0.462 e. The summed E-state index contributed by atoms with van der Waals surface area (Å²) in [6, 6.07) is 15.0. The molecule has 1 aliphatic carbocycles. The molecule has 0 spiro atoms. The molecule has 0 bridgehead atoms. The minimum Gasteiger partial charge on any atom is -0.462 e. The van der Waals surface area contributed by atoms with E-state index >= 15 is 0 Å². The lowest BCUT2D eigenvalue weighted by Crippen LogP contribution is -2.09. The van der Waals surface area contributed by atoms with E-state index in [-0.39, 0.29) is 5.97 Å². The summed E-state index contributed by atoms with van der Waals surface area (Å²) in [4.78, 5) is 18.8. The Morgan fingerprint density at radius 3 is 2.74 bits per heavy atom. The van der Waals surface area contributed by atoms with Crippen molar-refractivity contribution in [2.24, 2.45) is 4.99 Å². The predicted octanol–water partition coefficient (Wildman–Crippen LogP) is 6.68. The molecule has 0 saturated carbocycles. The number of hydrogen-bond acceptors (Lipinski definition) is 4. The van der Waals surface area contributed by atoms with Gasteiger partial charge in [0.15, 0.2) is 0 Å². The van der Waals surface area contributed by atoms with Crippen LogP contribution in [0.1, 0.15) is 53.1 Å². The number of aryl methyl sites for hydroxylation is 2. The van der Waals surface area contributed by atoms with Crippen molar-refractivity contribution in [2.45, 2.75) is 46.1 Å². The molecule has 158 valence electrons. The van der Waals surface area contributed by atoms with Crippen LogP contribution in [-0.2, 0) is 24.1 Å². The Hall–Kier alpha value is -2.92. The molecule has 2 aromatic carbocycles. The van der Waals surface area contributed by atoms with Gasteiger partial charge in [-0.3, -0.25) is 0 Å². The van der Waals surface area contributed by atoms with E-state index in [1.807, 2.05) is 13.1 Å². The molecule has 0 atom stereocenters. The zero-order chi connectivity index (χ0) is 21.4. The van der Waals surface area contributed by atoms with Gasteiger partial charge in [-0.2, -0.15) is 0 Å². The van der Waals surface area contributed by atoms with Gasteiger partial charge in [-0.25, -0.2) is 9.79 Å². The van der Waals surface area contributed by atoms with Crippen LogP contribution in [0.15, 0.2) is 47.5 Å². The van der Waals surface area contributed by atoms with Crippen LogP contribution in [-0.4, -0.2) is 23.4 Å². The van der Waals surface area contributed by atoms with Crippen LogP contribution in [0.25, 0.3) is 21.8 Å². The van der Waals surface area contributed by atoms with Crippen molar-refractivity contribution in [3.05, 3.63) is 64.0 Å². The third-order valence-corrected chi connectivity index (χ3v) is 7.28. The number of nitrogens with zero attached hydrogens (tertiary/aromatic N) is 2. The molecule has 2 aromatic heterocycles. The second-order valence-electron chi connectivity index (χ2n) is 7.91. The lowest BCUT2D eigenvalue weighted by molar-refractivity contribution is 0.0526. The fraction of sp³-hybridized carbons (Fsp3) is 0.308. The molecule has 0 amide bonds. The van der Waals surface area contributed by atoms with Crippen molar-refractivity contribution in [2.75, 3.05) is 6.61 Å². The molecular weight excluding hydrogens is 404 g/mol. The molecule has 0 N–H and O–H groups in total. The topological polar surface area (TPSA) is 43.6 Å². The second kappa shape index (κ2) is 8.31. The van der Waals surface area contributed by atoms with Gasteiger partial charge in [-0.1, -0.05) is 24.3 Å². The summed E-state index contributed by atoms with van der Waals surface area (Å²) < 4.78 is 7.70. The van der Waals surface area contributed by atoms with Crippen LogP contribution in [0.2, 0.25) is 0 Å². The lowest BCUT2D eigenvalue weighted by Gasteiger charge is -2.11. The van der Waals surface area contributed by atoms with Gasteiger partial charge in [0, 0.05) is 39.4 Å². The number of hydrogen-bond donors (Lipinski definition) is 0. The van der Waals surface area contributed by atoms with Crippen LogP contribution in [0.5, 0.6) is 0 Å². The van der Waals surface area contributed by atoms with E-state index in [1.54, 1.807) is 11.3 Å². The first-order valence-corrected chi connectivity index (χ1v) is 11.9. The van der Waals surface area contributed by atoms with E-state index in [0.29, 0.717) is 12.2 Å². The van der Waals surface area contributed by atoms with Crippen LogP contribution in [0.4, 0.5) is 5.00 Å². The first kappa shape index (κ1) is 20.0. The van der Waals surface area contributed by atoms with Gasteiger partial charge in [-0.05, 0) is 68.9 Å². The summed E-state index contributed by atoms with van der Waals surface area (Å²) >= 11 is 1.65. The van der Waals surface area contributed by atoms with E-state index in [4.69, 9.17) is 9.73 Å². The molecule has 5 rings (SSSR count). The average Bonchev–Trinajstić information content (AvgIpc) is 3.33. The highest BCUT2D eigenvalue weighted by Crippen LogP contribution is 2.40. The molecule has 4 nitrogen and oxygen atoms in total. The minimum atomic E-state index is -0.240. The lowest BCUT2D eigenvalue weighted by atomic mass is 9.95. The van der Waals surface area contributed by atoms with Gasteiger partial charge in [0.25, 0.3) is 0 Å². The van der Waals surface area contributed by atoms with Gasteiger partial charge in [0.05, 0.1) is 12.2 Å². The summed E-state index contributed by atoms with van der Waals surface area (Å²) in [6.07, 6.45) is 6.16. The Balaban J connectivity index is 1.57. The quantitative estimate of drug-likeness (QED) is 0.262. The summed E-state index contributed by atoms with van der Waals surface area (Å²) in [7, 11) is 0. The molecule has 5 heteroatoms.